The Balaban J connectivity index is 1.48. The van der Waals surface area contributed by atoms with Crippen molar-refractivity contribution in [3.8, 4) is 23.0 Å². The first-order valence-electron chi connectivity index (χ1n) is 9.44. The van der Waals surface area contributed by atoms with Crippen molar-refractivity contribution in [2.75, 3.05) is 0 Å². The highest BCUT2D eigenvalue weighted by molar-refractivity contribution is 5.87. The summed E-state index contributed by atoms with van der Waals surface area (Å²) in [5.74, 6) is -1.31. The number of aromatic carboxylic acids is 1. The molecule has 2 aromatic carbocycles. The quantitative estimate of drug-likeness (QED) is 0.455. The molecule has 0 amide bonds. The van der Waals surface area contributed by atoms with E-state index in [4.69, 9.17) is 5.11 Å². The molecule has 0 aliphatic rings. The normalized spacial score (nSPS) is 11.1. The van der Waals surface area contributed by atoms with Gasteiger partial charge in [0.05, 0.1) is 24.5 Å². The molecule has 31 heavy (non-hydrogen) atoms. The molecule has 0 spiro atoms. The minimum Gasteiger partial charge on any atom is -0.492 e. The van der Waals surface area contributed by atoms with E-state index in [9.17, 15) is 9.90 Å². The number of fused-ring (bicyclic) bond motifs is 1. The van der Waals surface area contributed by atoms with Gasteiger partial charge in [0.15, 0.2) is 0 Å². The van der Waals surface area contributed by atoms with E-state index < -0.39 is 5.97 Å². The molecule has 0 bridgehead atoms. The lowest BCUT2D eigenvalue weighted by Gasteiger charge is -2.08. The largest absolute Gasteiger partial charge is 0.492 e. The lowest BCUT2D eigenvalue weighted by Crippen LogP contribution is -2.05. The Labute approximate surface area is 175 Å². The van der Waals surface area contributed by atoms with E-state index in [1.54, 1.807) is 4.68 Å². The number of carboxylic acids is 1. The van der Waals surface area contributed by atoms with Crippen LogP contribution in [0.5, 0.6) is 5.88 Å². The highest BCUT2D eigenvalue weighted by Gasteiger charge is 2.16. The van der Waals surface area contributed by atoms with E-state index in [-0.39, 0.29) is 17.4 Å². The summed E-state index contributed by atoms with van der Waals surface area (Å²) in [6.45, 7) is 0.422. The van der Waals surface area contributed by atoms with Crippen molar-refractivity contribution < 1.29 is 15.0 Å². The minimum atomic E-state index is -1.11. The molecule has 0 radical (unpaired) electrons. The third kappa shape index (κ3) is 3.48. The molecule has 3 aromatic heterocycles. The van der Waals surface area contributed by atoms with Crippen LogP contribution in [0.1, 0.15) is 15.9 Å². The molecule has 0 aliphatic heterocycles. The lowest BCUT2D eigenvalue weighted by atomic mass is 10.0. The molecule has 3 heterocycles. The predicted octanol–water partition coefficient (Wildman–Crippen LogP) is 3.13. The number of hydrogen-bond donors (Lipinski definition) is 2. The van der Waals surface area contributed by atoms with Crippen molar-refractivity contribution in [3.63, 3.8) is 0 Å². The standard InChI is InChI=1S/C22H16N6O3/c29-20-19-18(25-22(26-20)28-13-17(10-23-28)21(30)31)11-24-27(19)12-14-5-4-8-16(9-14)15-6-2-1-3-7-15/h1-11,13H,12H2,(H,30,31)(H,25,26,29). The molecular formula is C22H16N6O3. The second-order valence-corrected chi connectivity index (χ2v) is 6.93. The van der Waals surface area contributed by atoms with Crippen molar-refractivity contribution in [1.29, 1.82) is 0 Å². The first kappa shape index (κ1) is 18.5. The topological polar surface area (TPSA) is 119 Å². The fraction of sp³-hybridized carbons (Fsp3) is 0.0455. The molecule has 0 saturated carbocycles. The lowest BCUT2D eigenvalue weighted by molar-refractivity contribution is 0.0697. The number of carbonyl (C=O) groups is 1. The number of rotatable bonds is 5. The van der Waals surface area contributed by atoms with Crippen LogP contribution >= 0.6 is 0 Å². The number of aromatic nitrogens is 6. The van der Waals surface area contributed by atoms with Crippen molar-refractivity contribution in [2.24, 2.45) is 0 Å². The van der Waals surface area contributed by atoms with Crippen molar-refractivity contribution >= 4 is 17.0 Å². The maximum Gasteiger partial charge on any atom is 0.338 e. The summed E-state index contributed by atoms with van der Waals surface area (Å²) < 4.78 is 2.83. The number of carboxylic acid groups (broad SMARTS) is 1. The monoisotopic (exact) mass is 412 g/mol. The van der Waals surface area contributed by atoms with E-state index in [1.807, 2.05) is 36.4 Å². The van der Waals surface area contributed by atoms with Gasteiger partial charge in [-0.3, -0.25) is 4.68 Å². The maximum absolute atomic E-state index is 11.1. The first-order chi connectivity index (χ1) is 15.1. The summed E-state index contributed by atoms with van der Waals surface area (Å²) in [5, 5.41) is 27.9. The molecule has 152 valence electrons. The Morgan fingerprint density at radius 3 is 2.52 bits per heavy atom. The third-order valence-corrected chi connectivity index (χ3v) is 4.86. The van der Waals surface area contributed by atoms with E-state index in [0.29, 0.717) is 17.6 Å². The van der Waals surface area contributed by atoms with Gasteiger partial charge in [0.2, 0.25) is 5.88 Å². The van der Waals surface area contributed by atoms with Crippen LogP contribution in [0.4, 0.5) is 0 Å². The molecule has 0 atom stereocenters. The Bertz CT molecular complexity index is 1410. The van der Waals surface area contributed by atoms with Crippen molar-refractivity contribution in [2.45, 2.75) is 6.54 Å². The Hall–Kier alpha value is -4.53. The van der Waals surface area contributed by atoms with Crippen molar-refractivity contribution in [3.05, 3.63) is 84.3 Å². The second-order valence-electron chi connectivity index (χ2n) is 6.93. The average Bonchev–Trinajstić information content (AvgIpc) is 3.43. The zero-order valence-electron chi connectivity index (χ0n) is 16.1. The summed E-state index contributed by atoms with van der Waals surface area (Å²) in [6, 6.07) is 18.2. The highest BCUT2D eigenvalue weighted by Crippen LogP contribution is 2.25. The van der Waals surface area contributed by atoms with Gasteiger partial charge in [0, 0.05) is 6.20 Å². The van der Waals surface area contributed by atoms with Crippen LogP contribution in [0.3, 0.4) is 0 Å². The molecule has 9 heteroatoms. The first-order valence-corrected chi connectivity index (χ1v) is 9.44. The van der Waals surface area contributed by atoms with Gasteiger partial charge in [-0.2, -0.15) is 15.2 Å². The average molecular weight is 412 g/mol. The number of aromatic hydroxyl groups is 1. The SMILES string of the molecule is O=C(O)c1cnn(-c2nc(O)c3c(cnn3Cc3cccc(-c4ccccc4)c3)n2)c1. The zero-order chi connectivity index (χ0) is 21.4. The predicted molar refractivity (Wildman–Crippen MR) is 112 cm³/mol. The Morgan fingerprint density at radius 1 is 0.935 bits per heavy atom. The summed E-state index contributed by atoms with van der Waals surface area (Å²) in [5.41, 5.74) is 4.02. The van der Waals surface area contributed by atoms with Crippen LogP contribution in [0.2, 0.25) is 0 Å². The smallest absolute Gasteiger partial charge is 0.338 e. The summed E-state index contributed by atoms with van der Waals surface area (Å²) >= 11 is 0. The zero-order valence-corrected chi connectivity index (χ0v) is 16.1. The van der Waals surface area contributed by atoms with Crippen LogP contribution in [-0.4, -0.2) is 45.7 Å². The summed E-state index contributed by atoms with van der Waals surface area (Å²) in [7, 11) is 0. The Kier molecular flexibility index (Phi) is 4.40. The molecule has 5 rings (SSSR count). The minimum absolute atomic E-state index is 0.00261. The van der Waals surface area contributed by atoms with Gasteiger partial charge in [-0.15, -0.1) is 0 Å². The van der Waals surface area contributed by atoms with Gasteiger partial charge in [-0.05, 0) is 22.8 Å². The molecule has 5 aromatic rings. The fourth-order valence-electron chi connectivity index (χ4n) is 3.39. The fourth-order valence-corrected chi connectivity index (χ4v) is 3.39. The molecule has 2 N–H and O–H groups in total. The van der Waals surface area contributed by atoms with Gasteiger partial charge < -0.3 is 10.2 Å². The molecule has 0 saturated heterocycles. The highest BCUT2D eigenvalue weighted by atomic mass is 16.4. The summed E-state index contributed by atoms with van der Waals surface area (Å²) in [6.07, 6.45) is 4.00. The van der Waals surface area contributed by atoms with Gasteiger partial charge in [0.1, 0.15) is 11.0 Å². The molecule has 9 nitrogen and oxygen atoms in total. The van der Waals surface area contributed by atoms with Crippen LogP contribution < -0.4 is 0 Å². The van der Waals surface area contributed by atoms with E-state index in [0.717, 1.165) is 16.7 Å². The molecule has 0 unspecified atom stereocenters. The van der Waals surface area contributed by atoms with E-state index >= 15 is 0 Å². The van der Waals surface area contributed by atoms with E-state index in [2.05, 4.69) is 38.4 Å². The van der Waals surface area contributed by atoms with Crippen LogP contribution in [0.15, 0.2) is 73.2 Å². The number of nitrogens with zero attached hydrogens (tertiary/aromatic N) is 6. The van der Waals surface area contributed by atoms with Gasteiger partial charge >= 0.3 is 5.97 Å². The van der Waals surface area contributed by atoms with Gasteiger partial charge in [-0.25, -0.2) is 14.5 Å². The maximum atomic E-state index is 11.1. The van der Waals surface area contributed by atoms with E-state index in [1.165, 1.54) is 23.3 Å². The molecular weight excluding hydrogens is 396 g/mol. The van der Waals surface area contributed by atoms with Gasteiger partial charge in [0.25, 0.3) is 5.95 Å². The van der Waals surface area contributed by atoms with Crippen LogP contribution in [0.25, 0.3) is 28.1 Å². The Morgan fingerprint density at radius 2 is 1.74 bits per heavy atom. The third-order valence-electron chi connectivity index (χ3n) is 4.86. The number of benzene rings is 2. The summed E-state index contributed by atoms with van der Waals surface area (Å²) in [4.78, 5) is 19.5. The van der Waals surface area contributed by atoms with Crippen LogP contribution in [0, 0.1) is 0 Å². The van der Waals surface area contributed by atoms with Crippen LogP contribution in [-0.2, 0) is 6.54 Å². The van der Waals surface area contributed by atoms with Crippen molar-refractivity contribution in [1.82, 2.24) is 29.5 Å². The second kappa shape index (κ2) is 7.38. The molecule has 0 aliphatic carbocycles. The number of hydrogen-bond acceptors (Lipinski definition) is 6. The molecule has 0 fully saturated rings. The van der Waals surface area contributed by atoms with Gasteiger partial charge in [-0.1, -0.05) is 48.5 Å².